The van der Waals surface area contributed by atoms with Crippen LogP contribution in [0.15, 0.2) is 42.5 Å². The molecule has 0 aliphatic heterocycles. The van der Waals surface area contributed by atoms with E-state index in [1.807, 2.05) is 38.1 Å². The van der Waals surface area contributed by atoms with Crippen LogP contribution in [0, 0.1) is 11.6 Å². The molecule has 0 fully saturated rings. The first-order valence-corrected chi connectivity index (χ1v) is 6.54. The molecule has 0 saturated carbocycles. The van der Waals surface area contributed by atoms with Gasteiger partial charge in [0, 0.05) is 17.8 Å². The third kappa shape index (κ3) is 3.47. The smallest absolute Gasteiger partial charge is 0.160 e. The zero-order valence-electron chi connectivity index (χ0n) is 11.5. The van der Waals surface area contributed by atoms with E-state index < -0.39 is 11.6 Å². The van der Waals surface area contributed by atoms with Crippen LogP contribution in [-0.4, -0.2) is 6.61 Å². The van der Waals surface area contributed by atoms with E-state index in [1.165, 1.54) is 6.07 Å². The molecule has 0 saturated heterocycles. The van der Waals surface area contributed by atoms with Crippen LogP contribution < -0.4 is 10.1 Å². The third-order valence-electron chi connectivity index (χ3n) is 2.99. The summed E-state index contributed by atoms with van der Waals surface area (Å²) in [5.74, 6) is -0.880. The molecule has 20 heavy (non-hydrogen) atoms. The number of hydrogen-bond acceptors (Lipinski definition) is 2. The van der Waals surface area contributed by atoms with Gasteiger partial charge in [-0.05, 0) is 43.7 Å². The van der Waals surface area contributed by atoms with Crippen LogP contribution in [0.3, 0.4) is 0 Å². The number of ether oxygens (including phenoxy) is 1. The first kappa shape index (κ1) is 14.3. The van der Waals surface area contributed by atoms with Gasteiger partial charge in [-0.15, -0.1) is 0 Å². The first-order valence-electron chi connectivity index (χ1n) is 6.54. The summed E-state index contributed by atoms with van der Waals surface area (Å²) in [6, 6.07) is 11.4. The van der Waals surface area contributed by atoms with E-state index in [-0.39, 0.29) is 6.04 Å². The molecule has 2 nitrogen and oxygen atoms in total. The Labute approximate surface area is 117 Å². The number of rotatable bonds is 5. The Morgan fingerprint density at radius 2 is 1.75 bits per heavy atom. The minimum absolute atomic E-state index is 0.0180. The van der Waals surface area contributed by atoms with Crippen LogP contribution in [0.5, 0.6) is 5.75 Å². The second kappa shape index (κ2) is 6.37. The van der Waals surface area contributed by atoms with Gasteiger partial charge in [-0.1, -0.05) is 12.1 Å². The highest BCUT2D eigenvalue weighted by Crippen LogP contribution is 2.22. The van der Waals surface area contributed by atoms with Crippen LogP contribution in [0.25, 0.3) is 0 Å². The first-order chi connectivity index (χ1) is 9.60. The SMILES string of the molecule is CCOc1ccc(C(C)Nc2ccc(F)c(F)c2)cc1. The van der Waals surface area contributed by atoms with Gasteiger partial charge in [-0.2, -0.15) is 0 Å². The second-order valence-electron chi connectivity index (χ2n) is 4.50. The fourth-order valence-electron chi connectivity index (χ4n) is 1.94. The van der Waals surface area contributed by atoms with Gasteiger partial charge in [0.25, 0.3) is 0 Å². The summed E-state index contributed by atoms with van der Waals surface area (Å²) < 4.78 is 31.4. The van der Waals surface area contributed by atoms with Gasteiger partial charge in [0.05, 0.1) is 6.61 Å². The standard InChI is InChI=1S/C16H17F2NO/c1-3-20-14-7-4-12(5-8-14)11(2)19-13-6-9-15(17)16(18)10-13/h4-11,19H,3H2,1-2H3. The van der Waals surface area contributed by atoms with Crippen LogP contribution in [0.4, 0.5) is 14.5 Å². The molecule has 0 aliphatic rings. The zero-order valence-corrected chi connectivity index (χ0v) is 11.5. The minimum atomic E-state index is -0.853. The normalized spacial score (nSPS) is 12.0. The van der Waals surface area contributed by atoms with Crippen molar-refractivity contribution in [1.29, 1.82) is 0 Å². The lowest BCUT2D eigenvalue weighted by atomic mass is 10.1. The molecule has 1 unspecified atom stereocenters. The maximum Gasteiger partial charge on any atom is 0.160 e. The second-order valence-corrected chi connectivity index (χ2v) is 4.50. The molecule has 0 radical (unpaired) electrons. The Hall–Kier alpha value is -2.10. The van der Waals surface area contributed by atoms with Crippen molar-refractivity contribution in [1.82, 2.24) is 0 Å². The van der Waals surface area contributed by atoms with Gasteiger partial charge in [0.2, 0.25) is 0 Å². The van der Waals surface area contributed by atoms with Crippen LogP contribution in [0.2, 0.25) is 0 Å². The van der Waals surface area contributed by atoms with E-state index in [4.69, 9.17) is 4.74 Å². The fourth-order valence-corrected chi connectivity index (χ4v) is 1.94. The van der Waals surface area contributed by atoms with Crippen LogP contribution >= 0.6 is 0 Å². The number of benzene rings is 2. The van der Waals surface area contributed by atoms with Gasteiger partial charge >= 0.3 is 0 Å². The predicted octanol–water partition coefficient (Wildman–Crippen LogP) is 4.54. The largest absolute Gasteiger partial charge is 0.494 e. The molecule has 2 aromatic carbocycles. The molecule has 0 aromatic heterocycles. The predicted molar refractivity (Wildman–Crippen MR) is 76.0 cm³/mol. The molecule has 0 amide bonds. The monoisotopic (exact) mass is 277 g/mol. The topological polar surface area (TPSA) is 21.3 Å². The van der Waals surface area contributed by atoms with Gasteiger partial charge in [-0.25, -0.2) is 8.78 Å². The number of anilines is 1. The Balaban J connectivity index is 2.06. The van der Waals surface area contributed by atoms with Crippen molar-refractivity contribution in [3.8, 4) is 5.75 Å². The molecular formula is C16H17F2NO. The summed E-state index contributed by atoms with van der Waals surface area (Å²) in [4.78, 5) is 0. The molecule has 4 heteroatoms. The average Bonchev–Trinajstić information content (AvgIpc) is 2.44. The highest BCUT2D eigenvalue weighted by Gasteiger charge is 2.08. The molecule has 0 bridgehead atoms. The third-order valence-corrected chi connectivity index (χ3v) is 2.99. The highest BCUT2D eigenvalue weighted by atomic mass is 19.2. The Morgan fingerprint density at radius 1 is 1.05 bits per heavy atom. The molecule has 1 atom stereocenters. The Morgan fingerprint density at radius 3 is 2.35 bits per heavy atom. The molecule has 106 valence electrons. The van der Waals surface area contributed by atoms with E-state index in [0.717, 1.165) is 23.4 Å². The van der Waals surface area contributed by atoms with E-state index in [0.29, 0.717) is 12.3 Å². The van der Waals surface area contributed by atoms with E-state index >= 15 is 0 Å². The lowest BCUT2D eigenvalue weighted by molar-refractivity contribution is 0.340. The summed E-state index contributed by atoms with van der Waals surface area (Å²) in [7, 11) is 0. The Kier molecular flexibility index (Phi) is 4.56. The fraction of sp³-hybridized carbons (Fsp3) is 0.250. The van der Waals surface area contributed by atoms with Crippen molar-refractivity contribution in [3.63, 3.8) is 0 Å². The molecule has 2 aromatic rings. The molecule has 1 N–H and O–H groups in total. The average molecular weight is 277 g/mol. The number of hydrogen-bond donors (Lipinski definition) is 1. The maximum absolute atomic E-state index is 13.1. The van der Waals surface area contributed by atoms with Gasteiger partial charge in [0.1, 0.15) is 5.75 Å². The van der Waals surface area contributed by atoms with Gasteiger partial charge < -0.3 is 10.1 Å². The molecular weight excluding hydrogens is 260 g/mol. The minimum Gasteiger partial charge on any atom is -0.494 e. The quantitative estimate of drug-likeness (QED) is 0.866. The van der Waals surface area contributed by atoms with E-state index in [9.17, 15) is 8.78 Å². The number of nitrogens with one attached hydrogen (secondary N) is 1. The molecule has 0 heterocycles. The zero-order chi connectivity index (χ0) is 14.5. The van der Waals surface area contributed by atoms with Gasteiger partial charge in [0.15, 0.2) is 11.6 Å². The molecule has 2 rings (SSSR count). The summed E-state index contributed by atoms with van der Waals surface area (Å²) in [5.41, 5.74) is 1.59. The van der Waals surface area contributed by atoms with Crippen molar-refractivity contribution in [2.24, 2.45) is 0 Å². The van der Waals surface area contributed by atoms with Crippen molar-refractivity contribution in [2.45, 2.75) is 19.9 Å². The summed E-state index contributed by atoms with van der Waals surface area (Å²) >= 11 is 0. The van der Waals surface area contributed by atoms with Crippen molar-refractivity contribution in [2.75, 3.05) is 11.9 Å². The van der Waals surface area contributed by atoms with Crippen molar-refractivity contribution in [3.05, 3.63) is 59.7 Å². The number of halogens is 2. The Bertz CT molecular complexity index is 569. The van der Waals surface area contributed by atoms with Crippen molar-refractivity contribution < 1.29 is 13.5 Å². The maximum atomic E-state index is 13.1. The van der Waals surface area contributed by atoms with Crippen molar-refractivity contribution >= 4 is 5.69 Å². The lowest BCUT2D eigenvalue weighted by Crippen LogP contribution is -2.07. The lowest BCUT2D eigenvalue weighted by Gasteiger charge is -2.16. The van der Waals surface area contributed by atoms with Crippen LogP contribution in [-0.2, 0) is 0 Å². The summed E-state index contributed by atoms with van der Waals surface area (Å²) in [5, 5.41) is 3.13. The van der Waals surface area contributed by atoms with E-state index in [1.54, 1.807) is 0 Å². The van der Waals surface area contributed by atoms with Crippen LogP contribution in [0.1, 0.15) is 25.5 Å². The molecule has 0 spiro atoms. The summed E-state index contributed by atoms with van der Waals surface area (Å²) in [6.45, 7) is 4.51. The molecule has 0 aliphatic carbocycles. The summed E-state index contributed by atoms with van der Waals surface area (Å²) in [6.07, 6.45) is 0. The van der Waals surface area contributed by atoms with E-state index in [2.05, 4.69) is 5.32 Å². The highest BCUT2D eigenvalue weighted by molar-refractivity contribution is 5.46. The van der Waals surface area contributed by atoms with Gasteiger partial charge in [-0.3, -0.25) is 0 Å².